The molecular formula is C50H33NS. The molecule has 1 nitrogen and oxygen atoms in total. The normalized spacial score (nSPS) is 11.5. The van der Waals surface area contributed by atoms with Crippen molar-refractivity contribution in [3.8, 4) is 33.4 Å². The van der Waals surface area contributed by atoms with Crippen molar-refractivity contribution in [1.82, 2.24) is 0 Å². The Bertz CT molecular complexity index is 2890. The Morgan fingerprint density at radius 1 is 0.327 bits per heavy atom. The van der Waals surface area contributed by atoms with Crippen LogP contribution in [0.4, 0.5) is 17.1 Å². The molecule has 0 spiro atoms. The van der Waals surface area contributed by atoms with Crippen molar-refractivity contribution in [3.05, 3.63) is 200 Å². The van der Waals surface area contributed by atoms with E-state index in [9.17, 15) is 0 Å². The van der Waals surface area contributed by atoms with Crippen LogP contribution in [0.15, 0.2) is 200 Å². The van der Waals surface area contributed by atoms with Gasteiger partial charge in [0, 0.05) is 31.5 Å². The number of anilines is 3. The first-order valence-corrected chi connectivity index (χ1v) is 18.6. The molecule has 244 valence electrons. The maximum absolute atomic E-state index is 2.44. The van der Waals surface area contributed by atoms with Crippen LogP contribution in [-0.4, -0.2) is 0 Å². The van der Waals surface area contributed by atoms with E-state index in [1.165, 1.54) is 80.8 Å². The highest BCUT2D eigenvalue weighted by Crippen LogP contribution is 2.46. The number of benzene rings is 9. The molecule has 0 saturated carbocycles. The van der Waals surface area contributed by atoms with Gasteiger partial charge in [0.2, 0.25) is 0 Å². The summed E-state index contributed by atoms with van der Waals surface area (Å²) in [5.41, 5.74) is 10.7. The van der Waals surface area contributed by atoms with Crippen LogP contribution < -0.4 is 4.90 Å². The number of hydrogen-bond donors (Lipinski definition) is 0. The zero-order valence-electron chi connectivity index (χ0n) is 28.4. The van der Waals surface area contributed by atoms with E-state index in [4.69, 9.17) is 0 Å². The van der Waals surface area contributed by atoms with Crippen molar-refractivity contribution in [2.75, 3.05) is 4.90 Å². The molecule has 2 heteroatoms. The molecule has 0 aliphatic rings. The van der Waals surface area contributed by atoms with Gasteiger partial charge in [0.25, 0.3) is 0 Å². The maximum Gasteiger partial charge on any atom is 0.0554 e. The summed E-state index contributed by atoms with van der Waals surface area (Å²) in [6, 6.07) is 73.0. The second kappa shape index (κ2) is 12.7. The summed E-state index contributed by atoms with van der Waals surface area (Å²) in [7, 11) is 0. The van der Waals surface area contributed by atoms with E-state index in [1.54, 1.807) is 0 Å². The Kier molecular flexibility index (Phi) is 7.41. The van der Waals surface area contributed by atoms with Gasteiger partial charge in [0.15, 0.2) is 0 Å². The fourth-order valence-electron chi connectivity index (χ4n) is 7.70. The molecule has 9 aromatic carbocycles. The van der Waals surface area contributed by atoms with Crippen LogP contribution in [0.25, 0.3) is 75.1 Å². The van der Waals surface area contributed by atoms with Crippen molar-refractivity contribution in [1.29, 1.82) is 0 Å². The average molecular weight is 680 g/mol. The number of nitrogens with zero attached hydrogens (tertiary/aromatic N) is 1. The second-order valence-electron chi connectivity index (χ2n) is 13.4. The van der Waals surface area contributed by atoms with Crippen LogP contribution in [0.5, 0.6) is 0 Å². The van der Waals surface area contributed by atoms with Crippen LogP contribution in [0, 0.1) is 0 Å². The average Bonchev–Trinajstić information content (AvgIpc) is 3.58. The Labute approximate surface area is 307 Å². The molecular weight excluding hydrogens is 647 g/mol. The van der Waals surface area contributed by atoms with Crippen LogP contribution in [0.2, 0.25) is 0 Å². The van der Waals surface area contributed by atoms with Crippen LogP contribution in [-0.2, 0) is 0 Å². The van der Waals surface area contributed by atoms with Gasteiger partial charge in [-0.05, 0) is 116 Å². The number of hydrogen-bond acceptors (Lipinski definition) is 2. The molecule has 0 N–H and O–H groups in total. The number of rotatable bonds is 6. The van der Waals surface area contributed by atoms with Gasteiger partial charge in [-0.2, -0.15) is 0 Å². The van der Waals surface area contributed by atoms with Gasteiger partial charge in [-0.3, -0.25) is 0 Å². The van der Waals surface area contributed by atoms with Gasteiger partial charge in [-0.25, -0.2) is 0 Å². The Morgan fingerprint density at radius 3 is 1.73 bits per heavy atom. The van der Waals surface area contributed by atoms with E-state index in [1.807, 2.05) is 11.3 Å². The lowest BCUT2D eigenvalue weighted by atomic mass is 9.93. The van der Waals surface area contributed by atoms with Gasteiger partial charge < -0.3 is 4.90 Å². The molecule has 10 aromatic rings. The maximum atomic E-state index is 2.44. The van der Waals surface area contributed by atoms with E-state index >= 15 is 0 Å². The lowest BCUT2D eigenvalue weighted by molar-refractivity contribution is 1.30. The number of fused-ring (bicyclic) bond motifs is 5. The van der Waals surface area contributed by atoms with Crippen LogP contribution in [0.3, 0.4) is 0 Å². The van der Waals surface area contributed by atoms with Gasteiger partial charge in [-0.15, -0.1) is 11.3 Å². The van der Waals surface area contributed by atoms with Crippen molar-refractivity contribution < 1.29 is 0 Å². The summed E-state index contributed by atoms with van der Waals surface area (Å²) in [6.07, 6.45) is 0. The van der Waals surface area contributed by atoms with Crippen molar-refractivity contribution in [2.45, 2.75) is 0 Å². The number of thiophene rings is 1. The summed E-state index contributed by atoms with van der Waals surface area (Å²) in [5.74, 6) is 0. The molecule has 0 saturated heterocycles. The fraction of sp³-hybridized carbons (Fsp3) is 0. The lowest BCUT2D eigenvalue weighted by Crippen LogP contribution is -2.10. The van der Waals surface area contributed by atoms with Gasteiger partial charge in [-0.1, -0.05) is 140 Å². The zero-order valence-corrected chi connectivity index (χ0v) is 29.2. The molecule has 0 unspecified atom stereocenters. The smallest absolute Gasteiger partial charge is 0.0554 e. The summed E-state index contributed by atoms with van der Waals surface area (Å²) in [6.45, 7) is 0. The Hall–Kier alpha value is -6.48. The predicted octanol–water partition coefficient (Wildman–Crippen LogP) is 14.8. The molecule has 10 rings (SSSR count). The molecule has 0 aliphatic carbocycles. The quantitative estimate of drug-likeness (QED) is 0.169. The van der Waals surface area contributed by atoms with E-state index in [-0.39, 0.29) is 0 Å². The summed E-state index contributed by atoms with van der Waals surface area (Å²) < 4.78 is 2.59. The first kappa shape index (κ1) is 30.4. The molecule has 0 bridgehead atoms. The van der Waals surface area contributed by atoms with Crippen LogP contribution in [0.1, 0.15) is 0 Å². The monoisotopic (exact) mass is 679 g/mol. The third kappa shape index (κ3) is 5.33. The molecule has 0 amide bonds. The van der Waals surface area contributed by atoms with Gasteiger partial charge >= 0.3 is 0 Å². The summed E-state index contributed by atoms with van der Waals surface area (Å²) in [4.78, 5) is 2.44. The van der Waals surface area contributed by atoms with Crippen LogP contribution >= 0.6 is 11.3 Å². The first-order valence-electron chi connectivity index (χ1n) is 17.8. The predicted molar refractivity (Wildman–Crippen MR) is 225 cm³/mol. The van der Waals surface area contributed by atoms with E-state index in [2.05, 4.69) is 205 Å². The van der Waals surface area contributed by atoms with Crippen molar-refractivity contribution in [2.24, 2.45) is 0 Å². The SMILES string of the molecule is c1ccc(-c2cccc(N(c3ccc(-c4cc(-c5ccccc5)cc5ccccc45)cc3)c3cccc4sc5cc6ccccc6cc5c34)c2)cc1. The second-order valence-corrected chi connectivity index (χ2v) is 14.4. The molecule has 0 atom stereocenters. The highest BCUT2D eigenvalue weighted by Gasteiger charge is 2.20. The molecule has 0 radical (unpaired) electrons. The van der Waals surface area contributed by atoms with Crippen molar-refractivity contribution in [3.63, 3.8) is 0 Å². The molecule has 1 heterocycles. The molecule has 1 aromatic heterocycles. The third-order valence-corrected chi connectivity index (χ3v) is 11.3. The van der Waals surface area contributed by atoms with Gasteiger partial charge in [0.1, 0.15) is 0 Å². The highest BCUT2D eigenvalue weighted by molar-refractivity contribution is 7.26. The van der Waals surface area contributed by atoms with E-state index in [0.717, 1.165) is 11.4 Å². The highest BCUT2D eigenvalue weighted by atomic mass is 32.1. The Balaban J connectivity index is 1.17. The minimum Gasteiger partial charge on any atom is -0.310 e. The largest absolute Gasteiger partial charge is 0.310 e. The summed E-state index contributed by atoms with van der Waals surface area (Å²) in [5, 5.41) is 7.60. The minimum absolute atomic E-state index is 1.12. The standard InChI is InChI=1S/C50H33NS/c1-3-13-34(14-4-1)37-20-11-21-43(30-37)51(47-23-12-24-48-50(47)46-31-38-17-7-8-18-39(38)33-49(46)52-48)42-27-25-36(26-28-42)45-32-41(35-15-5-2-6-16-35)29-40-19-9-10-22-44(40)45/h1-33H. The molecule has 0 fully saturated rings. The minimum atomic E-state index is 1.12. The lowest BCUT2D eigenvalue weighted by Gasteiger charge is -2.27. The van der Waals surface area contributed by atoms with E-state index < -0.39 is 0 Å². The van der Waals surface area contributed by atoms with E-state index in [0.29, 0.717) is 0 Å². The third-order valence-electron chi connectivity index (χ3n) is 10.2. The molecule has 52 heavy (non-hydrogen) atoms. The zero-order chi connectivity index (χ0) is 34.4. The first-order chi connectivity index (χ1) is 25.8. The topological polar surface area (TPSA) is 3.24 Å². The van der Waals surface area contributed by atoms with Crippen molar-refractivity contribution >= 4 is 70.1 Å². The summed E-state index contributed by atoms with van der Waals surface area (Å²) >= 11 is 1.87. The van der Waals surface area contributed by atoms with Gasteiger partial charge in [0.05, 0.1) is 5.69 Å². The fourth-order valence-corrected chi connectivity index (χ4v) is 8.86. The Morgan fingerprint density at radius 2 is 0.962 bits per heavy atom. The molecule has 0 aliphatic heterocycles.